The molecule has 0 nitrogen and oxygen atoms in total. The van der Waals surface area contributed by atoms with Gasteiger partial charge in [0.1, 0.15) is 0 Å². The second-order valence-corrected chi connectivity index (χ2v) is 8.30. The minimum Gasteiger partial charge on any atom is -0.0879 e. The van der Waals surface area contributed by atoms with E-state index >= 15 is 0 Å². The SMILES string of the molecule is CC1=C(C)C(C)(CCC2(C)C(C)=C(C)C(C)=C2Cl)C(Cl)=C1C.[Ti]. The van der Waals surface area contributed by atoms with Gasteiger partial charge in [-0.05, 0) is 76.7 Å². The first-order valence-corrected chi connectivity index (χ1v) is 8.84. The van der Waals surface area contributed by atoms with Gasteiger partial charge in [-0.1, -0.05) is 48.2 Å². The molecule has 2 rings (SSSR count). The van der Waals surface area contributed by atoms with Crippen molar-refractivity contribution in [1.82, 2.24) is 0 Å². The predicted octanol–water partition coefficient (Wildman–Crippen LogP) is 7.50. The van der Waals surface area contributed by atoms with Gasteiger partial charge in [0.25, 0.3) is 0 Å². The summed E-state index contributed by atoms with van der Waals surface area (Å²) in [6.45, 7) is 17.6. The first-order valence-electron chi connectivity index (χ1n) is 8.09. The van der Waals surface area contributed by atoms with Crippen LogP contribution in [0.15, 0.2) is 43.5 Å². The summed E-state index contributed by atoms with van der Waals surface area (Å²) >= 11 is 13.4. The molecular formula is C20H28Cl2Ti. The predicted molar refractivity (Wildman–Crippen MR) is 99.3 cm³/mol. The molecular weight excluding hydrogens is 359 g/mol. The molecule has 2 aliphatic rings. The van der Waals surface area contributed by atoms with Gasteiger partial charge in [0, 0.05) is 42.6 Å². The zero-order valence-electron chi connectivity index (χ0n) is 15.7. The van der Waals surface area contributed by atoms with Crippen LogP contribution in [0.25, 0.3) is 0 Å². The molecule has 0 spiro atoms. The van der Waals surface area contributed by atoms with Gasteiger partial charge in [-0.25, -0.2) is 0 Å². The van der Waals surface area contributed by atoms with E-state index < -0.39 is 0 Å². The summed E-state index contributed by atoms with van der Waals surface area (Å²) in [5.74, 6) is 0. The van der Waals surface area contributed by atoms with E-state index in [1.54, 1.807) is 0 Å². The maximum absolute atomic E-state index is 6.70. The topological polar surface area (TPSA) is 0 Å². The Morgan fingerprint density at radius 3 is 1.04 bits per heavy atom. The molecule has 0 aromatic carbocycles. The van der Waals surface area contributed by atoms with Crippen LogP contribution in [0.3, 0.4) is 0 Å². The molecule has 0 aromatic heterocycles. The Morgan fingerprint density at radius 1 is 0.609 bits per heavy atom. The van der Waals surface area contributed by atoms with Crippen LogP contribution in [0.4, 0.5) is 0 Å². The van der Waals surface area contributed by atoms with E-state index in [0.717, 1.165) is 22.9 Å². The largest absolute Gasteiger partial charge is 0.0879 e. The molecule has 126 valence electrons. The van der Waals surface area contributed by atoms with Crippen molar-refractivity contribution in [1.29, 1.82) is 0 Å². The van der Waals surface area contributed by atoms with Crippen molar-refractivity contribution in [2.45, 2.75) is 68.2 Å². The van der Waals surface area contributed by atoms with Crippen LogP contribution in [0.1, 0.15) is 68.2 Å². The minimum atomic E-state index is -0.0411. The van der Waals surface area contributed by atoms with Crippen LogP contribution in [0.5, 0.6) is 0 Å². The number of hydrogen-bond donors (Lipinski definition) is 0. The van der Waals surface area contributed by atoms with Gasteiger partial charge in [-0.2, -0.15) is 0 Å². The Morgan fingerprint density at radius 2 is 0.870 bits per heavy atom. The quantitative estimate of drug-likeness (QED) is 0.440. The molecule has 2 unspecified atom stereocenters. The molecule has 0 aliphatic heterocycles. The number of allylic oxidation sites excluding steroid dienone is 8. The Labute approximate surface area is 167 Å². The third kappa shape index (κ3) is 2.99. The van der Waals surface area contributed by atoms with Crippen LogP contribution in [-0.2, 0) is 21.7 Å². The molecule has 2 aliphatic carbocycles. The van der Waals surface area contributed by atoms with Crippen LogP contribution in [0, 0.1) is 10.8 Å². The number of rotatable bonds is 3. The summed E-state index contributed by atoms with van der Waals surface area (Å²) < 4.78 is 0. The maximum Gasteiger partial charge on any atom is 0.0312 e. The van der Waals surface area contributed by atoms with E-state index in [-0.39, 0.29) is 32.5 Å². The number of halogens is 2. The molecule has 3 heteroatoms. The summed E-state index contributed by atoms with van der Waals surface area (Å²) in [6.07, 6.45) is 2.05. The molecule has 0 heterocycles. The minimum absolute atomic E-state index is 0. The molecule has 23 heavy (non-hydrogen) atoms. The van der Waals surface area contributed by atoms with E-state index in [0.29, 0.717) is 0 Å². The molecule has 0 saturated carbocycles. The maximum atomic E-state index is 6.70. The van der Waals surface area contributed by atoms with Gasteiger partial charge in [0.15, 0.2) is 0 Å². The zero-order chi connectivity index (χ0) is 17.0. The Bertz CT molecular complexity index is 553. The Kier molecular flexibility index (Phi) is 6.36. The summed E-state index contributed by atoms with van der Waals surface area (Å²) in [4.78, 5) is 0. The molecule has 0 amide bonds. The molecule has 0 aromatic rings. The van der Waals surface area contributed by atoms with Crippen LogP contribution in [0.2, 0.25) is 0 Å². The molecule has 0 saturated heterocycles. The third-order valence-electron chi connectivity index (χ3n) is 6.66. The first-order chi connectivity index (χ1) is 9.98. The fourth-order valence-corrected chi connectivity index (χ4v) is 4.73. The summed E-state index contributed by atoms with van der Waals surface area (Å²) in [5.41, 5.74) is 7.94. The van der Waals surface area contributed by atoms with E-state index in [1.807, 2.05) is 0 Å². The van der Waals surface area contributed by atoms with Gasteiger partial charge in [0.05, 0.1) is 0 Å². The summed E-state index contributed by atoms with van der Waals surface area (Å²) in [6, 6.07) is 0. The van der Waals surface area contributed by atoms with E-state index in [4.69, 9.17) is 23.2 Å². The van der Waals surface area contributed by atoms with Gasteiger partial charge in [-0.3, -0.25) is 0 Å². The molecule has 2 atom stereocenters. The van der Waals surface area contributed by atoms with Gasteiger partial charge in [0.2, 0.25) is 0 Å². The smallest absolute Gasteiger partial charge is 0.0312 e. The summed E-state index contributed by atoms with van der Waals surface area (Å²) in [5, 5.41) is 2.03. The van der Waals surface area contributed by atoms with E-state index in [2.05, 4.69) is 55.4 Å². The van der Waals surface area contributed by atoms with Crippen LogP contribution in [-0.4, -0.2) is 0 Å². The fourth-order valence-electron chi connectivity index (χ4n) is 3.97. The second kappa shape index (κ2) is 6.87. The Balaban J connectivity index is 0.00000264. The van der Waals surface area contributed by atoms with Gasteiger partial charge >= 0.3 is 0 Å². The van der Waals surface area contributed by atoms with Crippen molar-refractivity contribution < 1.29 is 21.7 Å². The van der Waals surface area contributed by atoms with Crippen LogP contribution < -0.4 is 0 Å². The van der Waals surface area contributed by atoms with Crippen molar-refractivity contribution in [3.8, 4) is 0 Å². The van der Waals surface area contributed by atoms with E-state index in [1.165, 1.54) is 33.4 Å². The van der Waals surface area contributed by atoms with Crippen molar-refractivity contribution in [3.63, 3.8) is 0 Å². The molecule has 0 radical (unpaired) electrons. The van der Waals surface area contributed by atoms with Crippen molar-refractivity contribution in [2.75, 3.05) is 0 Å². The average Bonchev–Trinajstić information content (AvgIpc) is 2.74. The van der Waals surface area contributed by atoms with Gasteiger partial charge < -0.3 is 0 Å². The Hall–Kier alpha value is 0.254. The molecule has 0 N–H and O–H groups in total. The fraction of sp³-hybridized carbons (Fsp3) is 0.600. The van der Waals surface area contributed by atoms with E-state index in [9.17, 15) is 0 Å². The van der Waals surface area contributed by atoms with Crippen molar-refractivity contribution in [3.05, 3.63) is 43.5 Å². The average molecular weight is 387 g/mol. The first kappa shape index (κ1) is 21.3. The second-order valence-electron chi connectivity index (χ2n) is 7.54. The monoisotopic (exact) mass is 386 g/mol. The summed E-state index contributed by atoms with van der Waals surface area (Å²) in [7, 11) is 0. The normalized spacial score (nSPS) is 31.6. The molecule has 0 bridgehead atoms. The van der Waals surface area contributed by atoms with Gasteiger partial charge in [-0.15, -0.1) is 0 Å². The zero-order valence-corrected chi connectivity index (χ0v) is 18.7. The third-order valence-corrected chi connectivity index (χ3v) is 8.06. The molecule has 0 fully saturated rings. The number of hydrogen-bond acceptors (Lipinski definition) is 0. The van der Waals surface area contributed by atoms with Crippen molar-refractivity contribution >= 4 is 23.2 Å². The standard InChI is InChI=1S/C20H28Cl2.Ti/c1-11-13(3)17(21)19(7,15(11)5)9-10-20(8)16(6)12(2)14(4)18(20)22;/h9-10H2,1-8H3;. The van der Waals surface area contributed by atoms with Crippen LogP contribution >= 0.6 is 23.2 Å². The van der Waals surface area contributed by atoms with Crippen molar-refractivity contribution in [2.24, 2.45) is 10.8 Å².